The van der Waals surface area contributed by atoms with Crippen molar-refractivity contribution >= 4 is 5.97 Å². The van der Waals surface area contributed by atoms with Gasteiger partial charge in [-0.2, -0.15) is 0 Å². The molecule has 0 unspecified atom stereocenters. The molecule has 0 spiro atoms. The van der Waals surface area contributed by atoms with Crippen molar-refractivity contribution in [3.05, 3.63) is 71.8 Å². The van der Waals surface area contributed by atoms with Gasteiger partial charge in [-0.15, -0.1) is 0 Å². The summed E-state index contributed by atoms with van der Waals surface area (Å²) in [5.74, 6) is -1.24. The number of aliphatic hydroxyl groups excluding tert-OH is 2. The van der Waals surface area contributed by atoms with Crippen molar-refractivity contribution in [1.82, 2.24) is 0 Å². The molecule has 51 heavy (non-hydrogen) atoms. The molecule has 5 heterocycles. The summed E-state index contributed by atoms with van der Waals surface area (Å²) in [7, 11) is 0. The van der Waals surface area contributed by atoms with Gasteiger partial charge in [-0.25, -0.2) is 0 Å². The van der Waals surface area contributed by atoms with Gasteiger partial charge in [0.1, 0.15) is 18.8 Å². The number of hydrogen-bond acceptors (Lipinski definition) is 13. The van der Waals surface area contributed by atoms with Crippen LogP contribution in [0.15, 0.2) is 60.7 Å². The SMILES string of the molecule is CC(CO)(CO)COC(=O)CCCOC1COC(c2ccccc2)OC1.CC12COC(CCCOC3COC(c4ccccc4)OC3)(OC1)OC2.[H+]. The molecular weight excluding hydrogens is 664 g/mol. The first-order valence-corrected chi connectivity index (χ1v) is 17.8. The molecule has 284 valence electrons. The lowest BCUT2D eigenvalue weighted by Gasteiger charge is -2.50. The Balaban J connectivity index is 0.000000228. The molecule has 5 aliphatic heterocycles. The van der Waals surface area contributed by atoms with Crippen molar-refractivity contribution < 1.29 is 63.8 Å². The number of aliphatic hydroxyl groups is 2. The zero-order valence-electron chi connectivity index (χ0n) is 30.8. The van der Waals surface area contributed by atoms with Crippen LogP contribution in [0.2, 0.25) is 0 Å². The fourth-order valence-corrected chi connectivity index (χ4v) is 5.56. The smallest absolute Gasteiger partial charge is 0.465 e. The number of ether oxygens (including phenoxy) is 10. The molecule has 0 radical (unpaired) electrons. The second-order valence-corrected chi connectivity index (χ2v) is 14.2. The van der Waals surface area contributed by atoms with Crippen LogP contribution < -0.4 is 0 Å². The summed E-state index contributed by atoms with van der Waals surface area (Å²) in [6.07, 6.45) is 1.35. The highest BCUT2D eigenvalue weighted by molar-refractivity contribution is 5.69. The number of fused-ring (bicyclic) bond motifs is 3. The Morgan fingerprint density at radius 3 is 1.67 bits per heavy atom. The second kappa shape index (κ2) is 19.5. The number of esters is 1. The summed E-state index contributed by atoms with van der Waals surface area (Å²) in [5.41, 5.74) is 1.21. The highest BCUT2D eigenvalue weighted by Gasteiger charge is 2.49. The van der Waals surface area contributed by atoms with Gasteiger partial charge in [-0.1, -0.05) is 74.5 Å². The van der Waals surface area contributed by atoms with E-state index >= 15 is 0 Å². The van der Waals surface area contributed by atoms with Crippen LogP contribution in [-0.4, -0.2) is 114 Å². The highest BCUT2D eigenvalue weighted by Crippen LogP contribution is 2.40. The number of carbonyl (C=O) groups is 1. The third-order valence-electron chi connectivity index (χ3n) is 9.00. The molecule has 13 nitrogen and oxygen atoms in total. The van der Waals surface area contributed by atoms with Crippen LogP contribution in [0.5, 0.6) is 0 Å². The van der Waals surface area contributed by atoms with E-state index in [2.05, 4.69) is 6.92 Å². The minimum Gasteiger partial charge on any atom is -0.465 e. The number of rotatable bonds is 16. The third-order valence-corrected chi connectivity index (χ3v) is 9.00. The molecule has 0 amide bonds. The lowest BCUT2D eigenvalue weighted by atomic mass is 9.91. The average molecular weight is 720 g/mol. The molecule has 0 saturated carbocycles. The summed E-state index contributed by atoms with van der Waals surface area (Å²) >= 11 is 0. The molecule has 0 aromatic heterocycles. The van der Waals surface area contributed by atoms with Gasteiger partial charge in [0.15, 0.2) is 12.6 Å². The van der Waals surface area contributed by atoms with Crippen LogP contribution in [0.3, 0.4) is 0 Å². The first-order chi connectivity index (χ1) is 24.7. The molecule has 2 bridgehead atoms. The highest BCUT2D eigenvalue weighted by atomic mass is 16.9. The molecule has 5 fully saturated rings. The monoisotopic (exact) mass is 719 g/mol. The molecule has 7 rings (SSSR count). The molecule has 2 aromatic carbocycles. The van der Waals surface area contributed by atoms with Gasteiger partial charge in [0.05, 0.1) is 59.5 Å². The van der Waals surface area contributed by atoms with E-state index in [4.69, 9.17) is 57.6 Å². The van der Waals surface area contributed by atoms with E-state index in [0.717, 1.165) is 17.5 Å². The van der Waals surface area contributed by atoms with E-state index in [9.17, 15) is 4.79 Å². The van der Waals surface area contributed by atoms with E-state index in [-0.39, 0.29) is 63.8 Å². The van der Waals surface area contributed by atoms with Gasteiger partial charge in [-0.3, -0.25) is 4.79 Å². The lowest BCUT2D eigenvalue weighted by Crippen LogP contribution is -2.58. The Labute approximate surface area is 301 Å². The van der Waals surface area contributed by atoms with Crippen molar-refractivity contribution in [3.63, 3.8) is 0 Å². The molecule has 5 aliphatic rings. The molecule has 0 aliphatic carbocycles. The van der Waals surface area contributed by atoms with Crippen molar-refractivity contribution in [1.29, 1.82) is 0 Å². The predicted molar refractivity (Wildman–Crippen MR) is 183 cm³/mol. The minimum absolute atomic E-state index is 0. The largest absolute Gasteiger partial charge is 1.00 e. The summed E-state index contributed by atoms with van der Waals surface area (Å²) in [4.78, 5) is 11.7. The van der Waals surface area contributed by atoms with E-state index in [0.29, 0.717) is 72.3 Å². The fourth-order valence-electron chi connectivity index (χ4n) is 5.56. The van der Waals surface area contributed by atoms with Crippen LogP contribution in [0.4, 0.5) is 0 Å². The summed E-state index contributed by atoms with van der Waals surface area (Å²) in [5, 5.41) is 18.3. The Hall–Kier alpha value is -2.53. The standard InChI is InChI=1S/C19H28O7.C19H26O6/c1-19(12-20,13-21)14-26-17(22)8-5-9-23-16-10-24-18(25-11-16)15-6-3-2-4-7-15;1-18-12-23-19(24-13-18,25-14-18)8-5-9-20-16-10-21-17(22-11-16)15-6-3-2-4-7-15/h2-4,6-7,16,18,20-21H,5,8-14H2,1H3;2-4,6-7,16-17H,5,8-14H2,1H3/p+1. The van der Waals surface area contributed by atoms with Crippen molar-refractivity contribution in [2.45, 2.75) is 70.3 Å². The minimum atomic E-state index is -0.862. The Morgan fingerprint density at radius 1 is 0.765 bits per heavy atom. The predicted octanol–water partition coefficient (Wildman–Crippen LogP) is 4.18. The fraction of sp³-hybridized carbons (Fsp3) is 0.658. The van der Waals surface area contributed by atoms with E-state index in [1.807, 2.05) is 60.7 Å². The topological polar surface area (TPSA) is 150 Å². The quantitative estimate of drug-likeness (QED) is 0.189. The molecule has 2 N–H and O–H groups in total. The molecule has 0 atom stereocenters. The number of hydrogen-bond donors (Lipinski definition) is 2. The van der Waals surface area contributed by atoms with Crippen molar-refractivity contribution in [3.8, 4) is 0 Å². The van der Waals surface area contributed by atoms with Gasteiger partial charge in [0, 0.05) is 48.0 Å². The zero-order valence-corrected chi connectivity index (χ0v) is 29.8. The molecular formula is C38H55O13+. The summed E-state index contributed by atoms with van der Waals surface area (Å²) in [6.45, 7) is 8.30. The average Bonchev–Trinajstić information content (AvgIpc) is 3.19. The third kappa shape index (κ3) is 12.3. The Morgan fingerprint density at radius 2 is 1.22 bits per heavy atom. The van der Waals surface area contributed by atoms with Gasteiger partial charge in [0.25, 0.3) is 5.97 Å². The Kier molecular flexibility index (Phi) is 15.2. The first kappa shape index (κ1) is 39.7. The maximum absolute atomic E-state index is 11.7. The lowest BCUT2D eigenvalue weighted by molar-refractivity contribution is -0.467. The van der Waals surface area contributed by atoms with Crippen LogP contribution in [0.25, 0.3) is 0 Å². The normalized spacial score (nSPS) is 29.2. The second-order valence-electron chi connectivity index (χ2n) is 14.2. The van der Waals surface area contributed by atoms with E-state index < -0.39 is 11.4 Å². The number of benzene rings is 2. The maximum atomic E-state index is 11.7. The van der Waals surface area contributed by atoms with Gasteiger partial charge in [-0.05, 0) is 12.8 Å². The van der Waals surface area contributed by atoms with Gasteiger partial charge in [0.2, 0.25) is 0 Å². The summed E-state index contributed by atoms with van der Waals surface area (Å²) < 4.78 is 56.8. The van der Waals surface area contributed by atoms with E-state index in [1.54, 1.807) is 6.92 Å². The van der Waals surface area contributed by atoms with Crippen LogP contribution >= 0.6 is 0 Å². The molecule has 5 saturated heterocycles. The van der Waals surface area contributed by atoms with Crippen molar-refractivity contribution in [2.75, 3.05) is 79.3 Å². The number of carbonyl (C=O) groups excluding carboxylic acids is 1. The maximum Gasteiger partial charge on any atom is 1.00 e. The molecule has 2 aromatic rings. The van der Waals surface area contributed by atoms with E-state index in [1.165, 1.54) is 0 Å². The van der Waals surface area contributed by atoms with Crippen LogP contribution in [0, 0.1) is 10.8 Å². The first-order valence-electron chi connectivity index (χ1n) is 17.8. The molecule has 13 heteroatoms. The van der Waals surface area contributed by atoms with Crippen LogP contribution in [0.1, 0.15) is 64.7 Å². The summed E-state index contributed by atoms with van der Waals surface area (Å²) in [6, 6.07) is 19.7. The van der Waals surface area contributed by atoms with Crippen molar-refractivity contribution in [2.24, 2.45) is 10.8 Å². The van der Waals surface area contributed by atoms with Crippen LogP contribution in [-0.2, 0) is 52.2 Å². The Bertz CT molecular complexity index is 1260. The van der Waals surface area contributed by atoms with Gasteiger partial charge >= 0.3 is 7.40 Å². The van der Waals surface area contributed by atoms with Gasteiger partial charge < -0.3 is 57.6 Å². The zero-order chi connectivity index (χ0) is 36.0.